The number of nitrogens with one attached hydrogen (secondary N) is 1. The molecular weight excluding hydrogens is 590 g/mol. The fourth-order valence-electron chi connectivity index (χ4n) is 3.32. The molecule has 1 saturated heterocycles. The van der Waals surface area contributed by atoms with Crippen molar-refractivity contribution in [2.75, 3.05) is 37.0 Å². The van der Waals surface area contributed by atoms with E-state index in [2.05, 4.69) is 10.3 Å². The first-order valence-electron chi connectivity index (χ1n) is 10.8. The third kappa shape index (κ3) is 8.64. The molecule has 2 unspecified atom stereocenters. The summed E-state index contributed by atoms with van der Waals surface area (Å²) >= 11 is -1.74. The Bertz CT molecular complexity index is 1310. The molecule has 0 bridgehead atoms. The molecule has 2 atom stereocenters. The molecule has 1 N–H and O–H groups in total. The molecule has 0 radical (unpaired) electrons. The molecule has 2 aromatic carbocycles. The Hall–Kier alpha value is -1.21. The number of carbonyl (C=O) groups excluding carboxylic acids is 3. The Balaban J connectivity index is 0.00000507. The zero-order valence-corrected chi connectivity index (χ0v) is 26.0. The Kier molecular flexibility index (Phi) is 13.0. The van der Waals surface area contributed by atoms with E-state index in [1.807, 2.05) is 49.3 Å². The first-order chi connectivity index (χ1) is 17.5. The summed E-state index contributed by atoms with van der Waals surface area (Å²) in [5, 5.41) is -0.244. The summed E-state index contributed by atoms with van der Waals surface area (Å²) in [6.45, 7) is 0.364. The van der Waals surface area contributed by atoms with Crippen LogP contribution in [-0.4, -0.2) is 77.4 Å². The van der Waals surface area contributed by atoms with Crippen LogP contribution in [-0.2, 0) is 44.7 Å². The number of carbonyl (C=O) groups is 3. The Morgan fingerprint density at radius 3 is 2.47 bits per heavy atom. The molecular formula is C21H24N3NaO9S4. The van der Waals surface area contributed by atoms with Crippen LogP contribution >= 0.6 is 21.6 Å². The Morgan fingerprint density at radius 1 is 1.16 bits per heavy atom. The van der Waals surface area contributed by atoms with Crippen molar-refractivity contribution in [2.45, 2.75) is 23.0 Å². The van der Waals surface area contributed by atoms with E-state index in [1.54, 1.807) is 6.07 Å². The summed E-state index contributed by atoms with van der Waals surface area (Å²) in [5.41, 5.74) is 3.67. The minimum Gasteiger partial charge on any atom is -0.747 e. The number of anilines is 1. The number of hydroxylamine groups is 3. The molecule has 12 nitrogen and oxygen atoms in total. The molecule has 0 spiro atoms. The smallest absolute Gasteiger partial charge is 0.747 e. The van der Waals surface area contributed by atoms with Gasteiger partial charge in [0.05, 0.1) is 17.7 Å². The van der Waals surface area contributed by atoms with Gasteiger partial charge in [0.25, 0.3) is 11.8 Å². The second kappa shape index (κ2) is 15.0. The molecule has 1 heterocycles. The molecule has 3 rings (SSSR count). The van der Waals surface area contributed by atoms with Gasteiger partial charge < -0.3 is 14.3 Å². The number of nitrogens with zero attached hydrogens (tertiary/aromatic N) is 2. The molecule has 17 heteroatoms. The average Bonchev–Trinajstić information content (AvgIpc) is 3.13. The molecule has 2 amide bonds. The summed E-state index contributed by atoms with van der Waals surface area (Å²) in [4.78, 5) is 42.5. The van der Waals surface area contributed by atoms with E-state index < -0.39 is 50.7 Å². The molecule has 0 aliphatic carbocycles. The minimum atomic E-state index is -5.02. The van der Waals surface area contributed by atoms with Gasteiger partial charge in [-0.25, -0.2) is 17.4 Å². The SMILES string of the molecule is CN(C)c1cccc2c(S(=O)ONCCSSCCC(=O)ON3C(=O)CC(S(=O)(=O)[O-])C3=O)cccc12.[Na+]. The van der Waals surface area contributed by atoms with Gasteiger partial charge in [-0.3, -0.25) is 9.59 Å². The molecule has 38 heavy (non-hydrogen) atoms. The van der Waals surface area contributed by atoms with Crippen molar-refractivity contribution in [3.63, 3.8) is 0 Å². The Morgan fingerprint density at radius 2 is 1.82 bits per heavy atom. The summed E-state index contributed by atoms with van der Waals surface area (Å²) in [6.07, 6.45) is -1.01. The predicted molar refractivity (Wildman–Crippen MR) is 139 cm³/mol. The third-order valence-corrected chi connectivity index (χ3v) is 9.48. The van der Waals surface area contributed by atoms with Gasteiger partial charge in [0.15, 0.2) is 0 Å². The predicted octanol–water partition coefficient (Wildman–Crippen LogP) is -1.64. The maximum absolute atomic E-state index is 12.7. The van der Waals surface area contributed by atoms with Gasteiger partial charge >= 0.3 is 35.5 Å². The minimum absolute atomic E-state index is 0. The first-order valence-corrected chi connectivity index (χ1v) is 15.8. The summed E-state index contributed by atoms with van der Waals surface area (Å²) in [5.74, 6) is -2.51. The molecule has 1 aliphatic rings. The van der Waals surface area contributed by atoms with E-state index in [-0.39, 0.29) is 46.8 Å². The van der Waals surface area contributed by atoms with Crippen LogP contribution < -0.4 is 39.9 Å². The maximum Gasteiger partial charge on any atom is 1.00 e. The number of rotatable bonds is 13. The second-order valence-corrected chi connectivity index (χ2v) is 13.1. The van der Waals surface area contributed by atoms with Crippen LogP contribution in [0.25, 0.3) is 10.8 Å². The number of benzene rings is 2. The molecule has 2 aromatic rings. The number of hydrogen-bond acceptors (Lipinski definition) is 13. The van der Waals surface area contributed by atoms with Crippen molar-refractivity contribution in [1.29, 1.82) is 0 Å². The van der Waals surface area contributed by atoms with E-state index in [0.29, 0.717) is 17.2 Å². The van der Waals surface area contributed by atoms with Crippen LogP contribution in [0.2, 0.25) is 0 Å². The van der Waals surface area contributed by atoms with Crippen molar-refractivity contribution in [2.24, 2.45) is 0 Å². The normalized spacial score (nSPS) is 16.4. The topological polar surface area (TPSA) is 162 Å². The van der Waals surface area contributed by atoms with Crippen molar-refractivity contribution >= 4 is 77.0 Å². The van der Waals surface area contributed by atoms with E-state index in [0.717, 1.165) is 16.5 Å². The van der Waals surface area contributed by atoms with Crippen LogP contribution in [0.3, 0.4) is 0 Å². The summed E-state index contributed by atoms with van der Waals surface area (Å²) in [7, 11) is 1.55. The second-order valence-electron chi connectivity index (χ2n) is 7.80. The van der Waals surface area contributed by atoms with Gasteiger partial charge in [-0.15, -0.1) is 5.06 Å². The molecule has 1 fully saturated rings. The monoisotopic (exact) mass is 613 g/mol. The van der Waals surface area contributed by atoms with Crippen molar-refractivity contribution in [3.05, 3.63) is 36.4 Å². The van der Waals surface area contributed by atoms with Crippen molar-refractivity contribution in [3.8, 4) is 0 Å². The van der Waals surface area contributed by atoms with E-state index >= 15 is 0 Å². The summed E-state index contributed by atoms with van der Waals surface area (Å²) < 4.78 is 51.0. The van der Waals surface area contributed by atoms with Gasteiger partial charge in [-0.1, -0.05) is 45.9 Å². The van der Waals surface area contributed by atoms with Gasteiger partial charge in [0, 0.05) is 48.6 Å². The molecule has 1 aliphatic heterocycles. The average molecular weight is 614 g/mol. The van der Waals surface area contributed by atoms with Gasteiger partial charge in [0.1, 0.15) is 15.4 Å². The van der Waals surface area contributed by atoms with E-state index in [4.69, 9.17) is 4.28 Å². The largest absolute Gasteiger partial charge is 1.00 e. The van der Waals surface area contributed by atoms with Crippen LogP contribution in [0.15, 0.2) is 41.3 Å². The van der Waals surface area contributed by atoms with E-state index in [1.165, 1.54) is 21.6 Å². The van der Waals surface area contributed by atoms with Crippen LogP contribution in [0, 0.1) is 0 Å². The van der Waals surface area contributed by atoms with Crippen LogP contribution in [0.1, 0.15) is 12.8 Å². The van der Waals surface area contributed by atoms with Gasteiger partial charge in [-0.2, -0.15) is 9.76 Å². The molecule has 0 saturated carbocycles. The van der Waals surface area contributed by atoms with Gasteiger partial charge in [-0.05, 0) is 12.1 Å². The maximum atomic E-state index is 12.7. The fourth-order valence-corrected chi connectivity index (χ4v) is 6.69. The standard InChI is InChI=1S/C21H25N3O9S4.Na/c1-23(2)16-7-3-6-15-14(16)5-4-8-17(15)36(28)33-22-10-12-35-34-11-9-20(26)32-24-19(25)13-18(21(24)27)37(29,30)31;/h3-8,18,22H,9-13H2,1-2H3,(H,29,30,31);/q;+1/p-1. The molecule has 0 aromatic heterocycles. The zero-order valence-electron chi connectivity index (χ0n) is 20.8. The number of amides is 2. The van der Waals surface area contributed by atoms with Crippen molar-refractivity contribution < 1.29 is 70.2 Å². The van der Waals surface area contributed by atoms with E-state index in [9.17, 15) is 31.6 Å². The van der Waals surface area contributed by atoms with Crippen LogP contribution in [0.4, 0.5) is 5.69 Å². The fraction of sp³-hybridized carbons (Fsp3) is 0.381. The Labute approximate surface area is 252 Å². The van der Waals surface area contributed by atoms with Gasteiger partial charge in [0.2, 0.25) is 11.1 Å². The number of fused-ring (bicyclic) bond motifs is 1. The van der Waals surface area contributed by atoms with Crippen molar-refractivity contribution in [1.82, 2.24) is 10.5 Å². The molecule has 202 valence electrons. The van der Waals surface area contributed by atoms with Crippen LogP contribution in [0.5, 0.6) is 0 Å². The number of imide groups is 1. The quantitative estimate of drug-likeness (QED) is 0.0684. The number of hydrogen-bond donors (Lipinski definition) is 1. The first kappa shape index (κ1) is 33.0. The summed E-state index contributed by atoms with van der Waals surface area (Å²) in [6, 6.07) is 11.3. The zero-order chi connectivity index (χ0) is 27.2. The third-order valence-electron chi connectivity index (χ3n) is 5.02.